The van der Waals surface area contributed by atoms with Crippen molar-refractivity contribution < 1.29 is 116 Å². The van der Waals surface area contributed by atoms with E-state index in [-0.39, 0.29) is 136 Å². The van der Waals surface area contributed by atoms with Gasteiger partial charge in [-0.3, -0.25) is 72.8 Å². The summed E-state index contributed by atoms with van der Waals surface area (Å²) >= 11 is 3.33. The predicted octanol–water partition coefficient (Wildman–Crippen LogP) is 9.29. The molecule has 0 aliphatic carbocycles. The van der Waals surface area contributed by atoms with Gasteiger partial charge in [0.2, 0.25) is 29.5 Å². The van der Waals surface area contributed by atoms with E-state index in [9.17, 15) is 62.5 Å². The average molecular weight is 1940 g/mol. The Bertz CT molecular complexity index is 5850. The van der Waals surface area contributed by atoms with E-state index in [2.05, 4.69) is 72.3 Å². The molecule has 730 valence electrons. The second kappa shape index (κ2) is 53.9. The lowest BCUT2D eigenvalue weighted by molar-refractivity contribution is -0.139. The smallest absolute Gasteiger partial charge is 0.305 e. The molecule has 10 N–H and O–H groups in total. The van der Waals surface area contributed by atoms with Crippen LogP contribution in [0.4, 0.5) is 16.0 Å². The van der Waals surface area contributed by atoms with Gasteiger partial charge in [-0.1, -0.05) is 66.0 Å². The standard InChI is InChI=1S/C47H52N6O11S.C25H28N4O2S.C22H26N2O10.C5H4.CH3F/c1-47(2,59)15-11-30-5-3-6-31(25-30)29-64-37-26-33(27-49-42(37)48)38-28-50-44(65-38)32-12-16-52(17-13-32)40(55)14-18-60-19-20-61-21-22-62-23-24-63-36-8-4-7-34-41(36)46(58)53(45(34)57)35-9-10-39(54)51-43(35)56;1-25(2,30)9-6-17-4-3-5-18(12-17)16-31-21-13-20(14-28-23(21)26)22-15-29-24(32-22)19-7-10-27-11-8-19;25-17-5-4-15(20(28)23-17)24-21(29)14-2-1-3-16(19(14)22(24)30)34-13-12-33-11-10-32-9-8-31-7-6-18(26)27;1-3-5-4-2;1-2/h3-8,25-28,32,35,59H,9-10,12-14,16-24,29H2,1-2H3,(H2,48,49)(H,51,54,56);3-5,12-15,19,27,30H,7-8,10-11,16H2,1-2H3,(H2,26,28);1-3,15H,4-13H2,(H,26,27)(H,23,25,28);1H,2H3;1H3/i;;;;1D. The number of hydrogen-bond donors (Lipinski definition) is 8. The van der Waals surface area contributed by atoms with Crippen LogP contribution in [0.5, 0.6) is 23.0 Å². The van der Waals surface area contributed by atoms with E-state index in [0.717, 1.165) is 96.7 Å². The maximum absolute atomic E-state index is 13.2. The van der Waals surface area contributed by atoms with Crippen LogP contribution in [0.3, 0.4) is 0 Å². The fraction of sp³-hybridized carbons (Fsp3) is 0.420. The molecular weight excluding hydrogens is 1820 g/mol. The number of alkyl halides is 1. The largest absolute Gasteiger partial charge is 0.490 e. The van der Waals surface area contributed by atoms with Crippen LogP contribution in [0.1, 0.15) is 186 Å². The number of imide groups is 4. The van der Waals surface area contributed by atoms with Gasteiger partial charge in [0.15, 0.2) is 23.1 Å². The first-order valence-electron chi connectivity index (χ1n) is 45.4. The molecule has 0 radical (unpaired) electrons. The number of ether oxygens (including phenoxy) is 10. The van der Waals surface area contributed by atoms with Crippen molar-refractivity contribution in [2.75, 3.05) is 137 Å². The van der Waals surface area contributed by atoms with E-state index in [4.69, 9.17) is 76.7 Å². The first kappa shape index (κ1) is 105. The summed E-state index contributed by atoms with van der Waals surface area (Å²) in [5.74, 6) is 16.0. The van der Waals surface area contributed by atoms with Crippen LogP contribution < -0.4 is 46.4 Å². The number of rotatable bonds is 38. The van der Waals surface area contributed by atoms with Gasteiger partial charge < -0.3 is 84.4 Å². The van der Waals surface area contributed by atoms with E-state index >= 15 is 0 Å². The Morgan fingerprint density at radius 2 is 0.920 bits per heavy atom. The lowest BCUT2D eigenvalue weighted by Gasteiger charge is -2.31. The number of nitrogens with two attached hydrogens (primary N) is 2. The Hall–Kier alpha value is -13.5. The Kier molecular flexibility index (Phi) is 41.0. The number of terminal acetylenes is 1. The third kappa shape index (κ3) is 32.4. The van der Waals surface area contributed by atoms with Crippen LogP contribution in [0.15, 0.2) is 122 Å². The van der Waals surface area contributed by atoms with Crippen molar-refractivity contribution in [3.8, 4) is 91.7 Å². The summed E-state index contributed by atoms with van der Waals surface area (Å²) in [6.45, 7) is 15.9. The molecule has 38 heteroatoms. The number of amides is 9. The molecule has 6 aliphatic heterocycles. The molecule has 0 spiro atoms. The summed E-state index contributed by atoms with van der Waals surface area (Å²) in [7, 11) is -1.00. The molecule has 4 saturated heterocycles. The molecule has 4 fully saturated rings. The Labute approximate surface area is 808 Å². The number of anilines is 2. The van der Waals surface area contributed by atoms with Crippen LogP contribution in [0.2, 0.25) is 0 Å². The number of thiazole rings is 2. The molecule has 9 amide bonds. The number of pyridine rings is 2. The quantitative estimate of drug-likeness (QED) is 0.0101. The zero-order chi connectivity index (χ0) is 99.8. The summed E-state index contributed by atoms with van der Waals surface area (Å²) < 4.78 is 71.6. The fourth-order valence-electron chi connectivity index (χ4n) is 14.6. The molecule has 14 rings (SSSR count). The maximum Gasteiger partial charge on any atom is 0.305 e. The van der Waals surface area contributed by atoms with Crippen LogP contribution in [0.25, 0.3) is 20.9 Å². The van der Waals surface area contributed by atoms with Crippen molar-refractivity contribution in [3.63, 3.8) is 0 Å². The van der Waals surface area contributed by atoms with E-state index < -0.39 is 83.7 Å². The normalized spacial score (nSPS) is 15.8. The molecule has 2 unspecified atom stereocenters. The van der Waals surface area contributed by atoms with Gasteiger partial charge in [0, 0.05) is 84.8 Å². The molecule has 2 atom stereocenters. The van der Waals surface area contributed by atoms with E-state index in [0.29, 0.717) is 95.8 Å². The number of likely N-dealkylation sites (tertiary alicyclic amines) is 1. The number of carboxylic acids is 1. The maximum atomic E-state index is 13.2. The van der Waals surface area contributed by atoms with Crippen molar-refractivity contribution in [1.82, 2.24) is 50.6 Å². The SMILES string of the molecule is C#CC#CC.CC(C)(O)C#Cc1cccc(COc2cc(-c3cnc(C4CCN(C(=O)CCOCCOCCOCCOc5cccc6c5C(=O)N(C5CCC(=O)NC5=O)C6=O)CC4)s3)cnc2N)c1.CC(C)(O)C#Cc1cccc(COc2cc(-c3cnc(C4CCNCC4)s3)cnc2N)c1.O=C(O)CCOCCOCCOCCOc1cccc2c1C(=O)N(C1CCC(=O)NC1=O)C2=O.[2H]CF. The van der Waals surface area contributed by atoms with Gasteiger partial charge in [-0.15, -0.1) is 29.1 Å². The van der Waals surface area contributed by atoms with Gasteiger partial charge in [-0.05, 0) is 170 Å². The van der Waals surface area contributed by atoms with E-state index in [1.807, 2.05) is 78.0 Å². The van der Waals surface area contributed by atoms with Crippen molar-refractivity contribution in [3.05, 3.63) is 176 Å². The molecule has 4 aromatic carbocycles. The van der Waals surface area contributed by atoms with Crippen LogP contribution >= 0.6 is 22.7 Å². The first-order valence-corrected chi connectivity index (χ1v) is 46.3. The Morgan fingerprint density at radius 3 is 1.31 bits per heavy atom. The lowest BCUT2D eigenvalue weighted by atomic mass is 9.97. The summed E-state index contributed by atoms with van der Waals surface area (Å²) in [6, 6.07) is 26.4. The molecule has 0 saturated carbocycles. The van der Waals surface area contributed by atoms with Gasteiger partial charge in [-0.25, -0.2) is 19.9 Å². The number of carboxylic acid groups (broad SMARTS) is 1. The number of piperidine rings is 4. The number of aliphatic hydroxyl groups is 2. The van der Waals surface area contributed by atoms with Crippen LogP contribution in [0, 0.1) is 47.9 Å². The summed E-state index contributed by atoms with van der Waals surface area (Å²) in [5.41, 5.74) is 15.9. The number of carbonyl (C=O) groups is 10. The van der Waals surface area contributed by atoms with Gasteiger partial charge >= 0.3 is 5.97 Å². The number of nitrogens with zero attached hydrogens (tertiary/aromatic N) is 7. The number of hydrogen-bond acceptors (Lipinski definition) is 31. The monoisotopic (exact) mass is 1930 g/mol. The zero-order valence-corrected chi connectivity index (χ0v) is 79.0. The summed E-state index contributed by atoms with van der Waals surface area (Å²) in [4.78, 5) is 146. The molecule has 6 aliphatic rings. The molecule has 4 aromatic heterocycles. The minimum Gasteiger partial charge on any atom is -0.490 e. The van der Waals surface area contributed by atoms with Crippen molar-refractivity contribution >= 4 is 93.4 Å². The van der Waals surface area contributed by atoms with Crippen molar-refractivity contribution in [1.29, 1.82) is 0 Å². The van der Waals surface area contributed by atoms with E-state index in [1.165, 1.54) is 17.1 Å². The van der Waals surface area contributed by atoms with Gasteiger partial charge in [0.05, 0.1) is 143 Å². The minimum atomic E-state index is -1.08. The second-order valence-electron chi connectivity index (χ2n) is 32.7. The number of aliphatic carboxylic acids is 1. The predicted molar refractivity (Wildman–Crippen MR) is 509 cm³/mol. The van der Waals surface area contributed by atoms with E-state index in [1.54, 1.807) is 94.0 Å². The summed E-state index contributed by atoms with van der Waals surface area (Å²) in [5, 5.41) is 38.2. The Balaban J connectivity index is 0.000000225. The minimum absolute atomic E-state index is 0.0382. The number of aromatic nitrogens is 4. The number of benzene rings is 4. The molecule has 10 heterocycles. The molecule has 8 aromatic rings. The third-order valence-corrected chi connectivity index (χ3v) is 23.8. The highest BCUT2D eigenvalue weighted by molar-refractivity contribution is 7.15. The fourth-order valence-corrected chi connectivity index (χ4v) is 16.7. The molecular formula is C100H113FN12O23S2. The number of carbonyl (C=O) groups excluding carboxylic acids is 9. The Morgan fingerprint density at radius 1 is 0.522 bits per heavy atom. The molecule has 138 heavy (non-hydrogen) atoms. The van der Waals surface area contributed by atoms with Crippen molar-refractivity contribution in [2.45, 2.75) is 147 Å². The highest BCUT2D eigenvalue weighted by atomic mass is 32.1. The summed E-state index contributed by atoms with van der Waals surface area (Å²) in [6.07, 6.45) is 16.3. The molecule has 0 bridgehead atoms. The zero-order valence-electron chi connectivity index (χ0n) is 78.3. The topological polar surface area (TPSA) is 473 Å². The number of halogens is 1. The average Bonchev–Trinajstić information content (AvgIpc) is 1.60. The number of nitrogens with one attached hydrogen (secondary N) is 3. The number of nitrogen functional groups attached to an aromatic ring is 2. The van der Waals surface area contributed by atoms with Gasteiger partial charge in [-0.2, -0.15) is 0 Å². The van der Waals surface area contributed by atoms with Gasteiger partial charge in [0.25, 0.3) is 23.6 Å². The van der Waals surface area contributed by atoms with Crippen molar-refractivity contribution in [2.24, 2.45) is 0 Å². The first-order chi connectivity index (χ1) is 66.9. The lowest BCUT2D eigenvalue weighted by Crippen LogP contribution is -2.54. The van der Waals surface area contributed by atoms with Crippen LogP contribution in [-0.2, 0) is 70.4 Å². The number of fused-ring (bicyclic) bond motifs is 2. The third-order valence-electron chi connectivity index (χ3n) is 21.4. The van der Waals surface area contributed by atoms with Gasteiger partial charge in [0.1, 0.15) is 61.2 Å². The van der Waals surface area contributed by atoms with Crippen LogP contribution in [-0.4, -0.2) is 258 Å². The highest BCUT2D eigenvalue weighted by Crippen LogP contribution is 2.41. The highest BCUT2D eigenvalue weighted by Gasteiger charge is 2.48. The second-order valence-corrected chi connectivity index (χ2v) is 34.8. The molecule has 35 nitrogen and oxygen atoms in total.